The quantitative estimate of drug-likeness (QED) is 0.0813. The van der Waals surface area contributed by atoms with Crippen molar-refractivity contribution in [2.75, 3.05) is 0 Å². The van der Waals surface area contributed by atoms with Crippen molar-refractivity contribution in [1.29, 1.82) is 0 Å². The summed E-state index contributed by atoms with van der Waals surface area (Å²) in [4.78, 5) is 13.7. The number of aromatic hydroxyl groups is 8. The van der Waals surface area contributed by atoms with Crippen molar-refractivity contribution in [2.24, 2.45) is 5.41 Å². The van der Waals surface area contributed by atoms with E-state index in [1.54, 1.807) is 115 Å². The highest BCUT2D eigenvalue weighted by molar-refractivity contribution is 5.92. The maximum atomic E-state index is 13.7. The number of carbonyl (C=O) groups is 1. The molecule has 8 N–H and O–H groups in total. The summed E-state index contributed by atoms with van der Waals surface area (Å²) in [6.45, 7) is 0. The summed E-state index contributed by atoms with van der Waals surface area (Å²) >= 11 is 0. The molecule has 7 aromatic carbocycles. The van der Waals surface area contributed by atoms with Crippen LogP contribution in [0.1, 0.15) is 110 Å². The molecule has 0 radical (unpaired) electrons. The Hall–Kier alpha value is -8.25. The number of ketones is 1. The van der Waals surface area contributed by atoms with Crippen LogP contribution in [0.5, 0.6) is 63.2 Å². The van der Waals surface area contributed by atoms with Gasteiger partial charge in [0.25, 0.3) is 0 Å². The van der Waals surface area contributed by atoms with Crippen molar-refractivity contribution in [1.82, 2.24) is 0 Å². The molecule has 338 valence electrons. The molecule has 6 aliphatic rings. The molecule has 68 heavy (non-hydrogen) atoms. The number of hydrogen-bond acceptors (Lipinski definition) is 12. The van der Waals surface area contributed by atoms with E-state index in [4.69, 9.17) is 14.2 Å². The van der Waals surface area contributed by atoms with Crippen LogP contribution in [0.4, 0.5) is 0 Å². The lowest BCUT2D eigenvalue weighted by Gasteiger charge is -2.50. The maximum Gasteiger partial charge on any atom is 0.159 e. The highest BCUT2D eigenvalue weighted by Crippen LogP contribution is 2.78. The highest BCUT2D eigenvalue weighted by atomic mass is 16.5. The van der Waals surface area contributed by atoms with E-state index in [9.17, 15) is 45.6 Å². The minimum Gasteiger partial charge on any atom is -0.508 e. The number of hydrogen-bond donors (Lipinski definition) is 8. The SMILES string of the molecule is O=C1C=C[C@@]23C(c4ccc(O)cc4)C(c4cc(O)cc5c4[C@@H](c4cc(O)cc(O)c4)[C@H](c4ccc(O)cc4)O5)[C@H]4c5cc(O)cc6c5C(c5cc(O)cc(c5[C@@H]42)O[C@H]3C1)[C@H](c1ccc(O)cc1)O6. The van der Waals surface area contributed by atoms with Gasteiger partial charge in [-0.2, -0.15) is 0 Å². The van der Waals surface area contributed by atoms with Crippen LogP contribution >= 0.6 is 0 Å². The number of phenolic OH excluding ortho intramolecular Hbond substituents is 8. The van der Waals surface area contributed by atoms with Gasteiger partial charge in [0.1, 0.15) is 81.6 Å². The van der Waals surface area contributed by atoms with Crippen molar-refractivity contribution in [3.63, 3.8) is 0 Å². The van der Waals surface area contributed by atoms with E-state index in [-0.39, 0.29) is 58.2 Å². The Labute approximate surface area is 388 Å². The molecule has 0 aromatic heterocycles. The van der Waals surface area contributed by atoms with Crippen LogP contribution in [0.2, 0.25) is 0 Å². The molecule has 12 heteroatoms. The second-order valence-corrected chi connectivity index (χ2v) is 19.0. The van der Waals surface area contributed by atoms with Crippen molar-refractivity contribution < 1.29 is 59.9 Å². The fourth-order valence-corrected chi connectivity index (χ4v) is 13.3. The molecular formula is C56H42O12. The molecule has 0 amide bonds. The zero-order valence-corrected chi connectivity index (χ0v) is 35.9. The zero-order valence-electron chi connectivity index (χ0n) is 35.9. The van der Waals surface area contributed by atoms with Crippen LogP contribution < -0.4 is 14.2 Å². The van der Waals surface area contributed by atoms with E-state index in [0.717, 1.165) is 33.4 Å². The van der Waals surface area contributed by atoms with Gasteiger partial charge >= 0.3 is 0 Å². The van der Waals surface area contributed by atoms with Gasteiger partial charge in [-0.15, -0.1) is 0 Å². The fraction of sp³-hybridized carbons (Fsp3) is 0.196. The Balaban J connectivity index is 1.16. The molecule has 0 saturated heterocycles. The minimum atomic E-state index is -1.04. The third-order valence-corrected chi connectivity index (χ3v) is 15.5. The molecule has 13 rings (SSSR count). The van der Waals surface area contributed by atoms with Gasteiger partial charge < -0.3 is 55.1 Å². The molecule has 3 heterocycles. The van der Waals surface area contributed by atoms with Crippen molar-refractivity contribution in [3.8, 4) is 63.2 Å². The molecule has 12 nitrogen and oxygen atoms in total. The van der Waals surface area contributed by atoms with E-state index in [1.807, 2.05) is 18.2 Å². The summed E-state index contributed by atoms with van der Waals surface area (Å²) in [6, 6.07) is 34.7. The molecule has 7 aromatic rings. The van der Waals surface area contributed by atoms with Crippen LogP contribution in [-0.4, -0.2) is 52.7 Å². The van der Waals surface area contributed by atoms with E-state index < -0.39 is 59.2 Å². The van der Waals surface area contributed by atoms with Gasteiger partial charge in [-0.3, -0.25) is 4.79 Å². The number of carbonyl (C=O) groups excluding carboxylic acids is 1. The lowest BCUT2D eigenvalue weighted by molar-refractivity contribution is -0.119. The molecule has 3 unspecified atom stereocenters. The van der Waals surface area contributed by atoms with Crippen LogP contribution in [0.25, 0.3) is 0 Å². The average Bonchev–Trinajstić information content (AvgIpc) is 3.94. The standard InChI is InChI=1S/C56H42O12/c57-29-7-1-25(2-8-29)52-49(38-18-35(63)21-41-46(38)45(28-15-33(61)17-34(62)16-28)54(67-41)26-3-9-30(58)10-4-26)50-39-19-36(64)22-42-47(39)51(55(68-42)27-5-11-31(59)12-6-27)40-20-37(65)23-43-48(40)53(50)56(52)14-13-32(60)24-44(56)66-43/h1-23,44-45,49-55,57-59,61-65H,24H2/t44-,45+,49?,50+,51?,52?,53-,54-,55-,56+/m0/s1. The molecule has 1 spiro atoms. The third kappa shape index (κ3) is 5.63. The Morgan fingerprint density at radius 1 is 0.412 bits per heavy atom. The minimum absolute atomic E-state index is 0.00164. The lowest BCUT2D eigenvalue weighted by Crippen LogP contribution is -2.50. The van der Waals surface area contributed by atoms with Crippen LogP contribution in [0.15, 0.2) is 140 Å². The molecule has 3 aliphatic carbocycles. The Kier molecular flexibility index (Phi) is 8.33. The Bertz CT molecular complexity index is 3290. The van der Waals surface area contributed by atoms with E-state index in [1.165, 1.54) is 6.07 Å². The van der Waals surface area contributed by atoms with Crippen molar-refractivity contribution >= 4 is 5.78 Å². The fourth-order valence-electron chi connectivity index (χ4n) is 13.3. The number of fused-ring (bicyclic) bond motifs is 3. The summed E-state index contributed by atoms with van der Waals surface area (Å²) in [5.41, 5.74) is 6.02. The normalized spacial score (nSPS) is 27.5. The molecule has 10 atom stereocenters. The number of rotatable bonds is 5. The second kappa shape index (κ2) is 14.1. The third-order valence-electron chi connectivity index (χ3n) is 15.5. The van der Waals surface area contributed by atoms with E-state index in [0.29, 0.717) is 39.5 Å². The first-order valence-electron chi connectivity index (χ1n) is 22.6. The summed E-state index contributed by atoms with van der Waals surface area (Å²) in [6.07, 6.45) is 1.34. The van der Waals surface area contributed by atoms with Gasteiger partial charge in [0.2, 0.25) is 0 Å². The van der Waals surface area contributed by atoms with Crippen molar-refractivity contribution in [2.45, 2.75) is 60.2 Å². The number of ether oxygens (including phenoxy) is 3. The van der Waals surface area contributed by atoms with Crippen LogP contribution in [0.3, 0.4) is 0 Å². The Morgan fingerprint density at radius 2 is 0.853 bits per heavy atom. The predicted molar refractivity (Wildman–Crippen MR) is 245 cm³/mol. The van der Waals surface area contributed by atoms with Gasteiger partial charge in [-0.05, 0) is 124 Å². The summed E-state index contributed by atoms with van der Waals surface area (Å²) in [5, 5.41) is 89.2. The predicted octanol–water partition coefficient (Wildman–Crippen LogP) is 9.90. The summed E-state index contributed by atoms with van der Waals surface area (Å²) < 4.78 is 20.9. The number of benzene rings is 7. The van der Waals surface area contributed by atoms with Gasteiger partial charge in [0.05, 0.1) is 11.8 Å². The van der Waals surface area contributed by atoms with Crippen molar-refractivity contribution in [3.05, 3.63) is 195 Å². The largest absolute Gasteiger partial charge is 0.508 e. The molecular weight excluding hydrogens is 865 g/mol. The highest BCUT2D eigenvalue weighted by Gasteiger charge is 2.70. The lowest BCUT2D eigenvalue weighted by atomic mass is 9.58. The monoisotopic (exact) mass is 906 g/mol. The van der Waals surface area contributed by atoms with E-state index in [2.05, 4.69) is 0 Å². The van der Waals surface area contributed by atoms with Crippen LogP contribution in [0, 0.1) is 5.41 Å². The first-order valence-corrected chi connectivity index (χ1v) is 22.6. The maximum absolute atomic E-state index is 13.7. The molecule has 1 saturated carbocycles. The average molecular weight is 907 g/mol. The van der Waals surface area contributed by atoms with Gasteiger partial charge in [0, 0.05) is 64.6 Å². The topological polar surface area (TPSA) is 207 Å². The molecule has 3 aliphatic heterocycles. The summed E-state index contributed by atoms with van der Waals surface area (Å²) in [7, 11) is 0. The van der Waals surface area contributed by atoms with E-state index >= 15 is 0 Å². The number of allylic oxidation sites excluding steroid dienone is 1. The smallest absolute Gasteiger partial charge is 0.159 e. The zero-order chi connectivity index (χ0) is 46.5. The van der Waals surface area contributed by atoms with Gasteiger partial charge in [-0.1, -0.05) is 42.5 Å². The number of phenols is 8. The molecule has 0 bridgehead atoms. The summed E-state index contributed by atoms with van der Waals surface area (Å²) in [5.74, 6) is -3.07. The first-order chi connectivity index (χ1) is 32.8. The van der Waals surface area contributed by atoms with Crippen LogP contribution in [-0.2, 0) is 4.79 Å². The Morgan fingerprint density at radius 3 is 1.40 bits per heavy atom. The first kappa shape index (κ1) is 40.1. The molecule has 1 fully saturated rings. The second-order valence-electron chi connectivity index (χ2n) is 19.0. The van der Waals surface area contributed by atoms with Gasteiger partial charge in [0.15, 0.2) is 5.78 Å². The van der Waals surface area contributed by atoms with Gasteiger partial charge in [-0.25, -0.2) is 0 Å².